The Kier molecular flexibility index (Phi) is 8.46. The van der Waals surface area contributed by atoms with E-state index in [0.29, 0.717) is 19.4 Å². The summed E-state index contributed by atoms with van der Waals surface area (Å²) in [6.07, 6.45) is 0.830. The Balaban J connectivity index is 1.51. The number of rotatable bonds is 11. The van der Waals surface area contributed by atoms with E-state index in [1.54, 1.807) is 0 Å². The van der Waals surface area contributed by atoms with E-state index in [2.05, 4.69) is 34.9 Å². The summed E-state index contributed by atoms with van der Waals surface area (Å²) in [5, 5.41) is 14.5. The highest BCUT2D eigenvalue weighted by atomic mass is 16.5. The standard InChI is InChI=1S/C26H32N2O5/c1-3-17(13-25(30)31)15-27-24(29)14-18(4-2)28-26(32)33-16-23-21-11-7-5-9-19(21)20-10-6-8-12-22(20)23/h5-12,17-18,23H,3-4,13-16H2,1-2H3,(H,27,29)(H,28,32)(H,30,31)/t17?,18-/m0/s1. The molecule has 0 aliphatic heterocycles. The lowest BCUT2D eigenvalue weighted by Gasteiger charge is -2.19. The number of fused-ring (bicyclic) bond motifs is 3. The summed E-state index contributed by atoms with van der Waals surface area (Å²) in [5.74, 6) is -1.22. The number of aliphatic carboxylic acids is 1. The molecule has 1 aliphatic carbocycles. The summed E-state index contributed by atoms with van der Waals surface area (Å²) in [6, 6.07) is 15.9. The molecule has 0 fully saturated rings. The highest BCUT2D eigenvalue weighted by molar-refractivity contribution is 5.79. The molecule has 7 nitrogen and oxygen atoms in total. The van der Waals surface area contributed by atoms with Crippen LogP contribution in [0.4, 0.5) is 4.79 Å². The first-order valence-electron chi connectivity index (χ1n) is 11.5. The van der Waals surface area contributed by atoms with Crippen LogP contribution in [-0.4, -0.2) is 42.3 Å². The Morgan fingerprint density at radius 2 is 1.55 bits per heavy atom. The van der Waals surface area contributed by atoms with E-state index in [-0.39, 0.29) is 43.2 Å². The van der Waals surface area contributed by atoms with Gasteiger partial charge in [-0.3, -0.25) is 9.59 Å². The average Bonchev–Trinajstić information content (AvgIpc) is 3.13. The fourth-order valence-corrected chi connectivity index (χ4v) is 4.27. The molecule has 2 aromatic rings. The van der Waals surface area contributed by atoms with E-state index >= 15 is 0 Å². The second kappa shape index (κ2) is 11.5. The first-order chi connectivity index (χ1) is 15.9. The molecular weight excluding hydrogens is 420 g/mol. The third-order valence-corrected chi connectivity index (χ3v) is 6.22. The summed E-state index contributed by atoms with van der Waals surface area (Å²) < 4.78 is 5.57. The zero-order valence-electron chi connectivity index (χ0n) is 19.2. The molecule has 0 saturated carbocycles. The minimum Gasteiger partial charge on any atom is -0.481 e. The van der Waals surface area contributed by atoms with Crippen molar-refractivity contribution < 1.29 is 24.2 Å². The second-order valence-corrected chi connectivity index (χ2v) is 8.46. The van der Waals surface area contributed by atoms with Crippen molar-refractivity contribution in [3.8, 4) is 11.1 Å². The van der Waals surface area contributed by atoms with Gasteiger partial charge in [0.05, 0.1) is 0 Å². The first kappa shape index (κ1) is 24.3. The smallest absolute Gasteiger partial charge is 0.407 e. The van der Waals surface area contributed by atoms with Gasteiger partial charge in [0.2, 0.25) is 5.91 Å². The first-order valence-corrected chi connectivity index (χ1v) is 11.5. The summed E-state index contributed by atoms with van der Waals surface area (Å²) in [4.78, 5) is 35.6. The van der Waals surface area contributed by atoms with Crippen molar-refractivity contribution in [3.63, 3.8) is 0 Å². The van der Waals surface area contributed by atoms with Crippen molar-refractivity contribution in [3.05, 3.63) is 59.7 Å². The maximum Gasteiger partial charge on any atom is 0.407 e. The SMILES string of the molecule is CCC(CNC(=O)C[C@H](CC)NC(=O)OCC1c2ccccc2-c2ccccc21)CC(=O)O. The number of amides is 2. The second-order valence-electron chi connectivity index (χ2n) is 8.46. The van der Waals surface area contributed by atoms with Crippen molar-refractivity contribution in [1.29, 1.82) is 0 Å². The quantitative estimate of drug-likeness (QED) is 0.471. The molecule has 0 bridgehead atoms. The number of benzene rings is 2. The molecule has 2 amide bonds. The number of carbonyl (C=O) groups excluding carboxylic acids is 2. The molecule has 2 atom stereocenters. The number of hydrogen-bond donors (Lipinski definition) is 3. The van der Waals surface area contributed by atoms with Crippen molar-refractivity contribution >= 4 is 18.0 Å². The van der Waals surface area contributed by atoms with Crippen LogP contribution in [0.25, 0.3) is 11.1 Å². The molecule has 2 aromatic carbocycles. The van der Waals surface area contributed by atoms with E-state index in [1.807, 2.05) is 38.1 Å². The van der Waals surface area contributed by atoms with E-state index in [0.717, 1.165) is 11.1 Å². The Morgan fingerprint density at radius 1 is 0.939 bits per heavy atom. The monoisotopic (exact) mass is 452 g/mol. The molecule has 176 valence electrons. The molecule has 0 aromatic heterocycles. The van der Waals surface area contributed by atoms with Crippen LogP contribution in [0.15, 0.2) is 48.5 Å². The van der Waals surface area contributed by atoms with Gasteiger partial charge in [-0.2, -0.15) is 0 Å². The van der Waals surface area contributed by atoms with Crippen molar-refractivity contribution in [2.45, 2.75) is 51.5 Å². The van der Waals surface area contributed by atoms with Crippen LogP contribution < -0.4 is 10.6 Å². The van der Waals surface area contributed by atoms with E-state index < -0.39 is 12.1 Å². The lowest BCUT2D eigenvalue weighted by Crippen LogP contribution is -2.40. The van der Waals surface area contributed by atoms with E-state index in [4.69, 9.17) is 9.84 Å². The molecule has 7 heteroatoms. The summed E-state index contributed by atoms with van der Waals surface area (Å²) in [6.45, 7) is 4.31. The Morgan fingerprint density at radius 3 is 2.09 bits per heavy atom. The average molecular weight is 453 g/mol. The van der Waals surface area contributed by atoms with Crippen LogP contribution >= 0.6 is 0 Å². The zero-order chi connectivity index (χ0) is 23.8. The van der Waals surface area contributed by atoms with Crippen LogP contribution in [0.5, 0.6) is 0 Å². The Bertz CT molecular complexity index is 945. The summed E-state index contributed by atoms with van der Waals surface area (Å²) >= 11 is 0. The van der Waals surface area contributed by atoms with Gasteiger partial charge < -0.3 is 20.5 Å². The van der Waals surface area contributed by atoms with Crippen LogP contribution in [-0.2, 0) is 14.3 Å². The molecule has 0 radical (unpaired) electrons. The number of carboxylic acid groups (broad SMARTS) is 1. The normalized spacial score (nSPS) is 14.0. The predicted octanol–water partition coefficient (Wildman–Crippen LogP) is 4.31. The lowest BCUT2D eigenvalue weighted by molar-refractivity contribution is -0.138. The largest absolute Gasteiger partial charge is 0.481 e. The van der Waals surface area contributed by atoms with Crippen LogP contribution in [0.1, 0.15) is 56.6 Å². The van der Waals surface area contributed by atoms with Gasteiger partial charge in [-0.1, -0.05) is 68.8 Å². The highest BCUT2D eigenvalue weighted by Gasteiger charge is 2.29. The minimum atomic E-state index is -0.876. The minimum absolute atomic E-state index is 0.0198. The molecule has 1 aliphatic rings. The molecule has 3 N–H and O–H groups in total. The molecule has 33 heavy (non-hydrogen) atoms. The van der Waals surface area contributed by atoms with Gasteiger partial charge in [0.25, 0.3) is 0 Å². The number of hydrogen-bond acceptors (Lipinski definition) is 4. The van der Waals surface area contributed by atoms with Gasteiger partial charge in [0.15, 0.2) is 0 Å². The topological polar surface area (TPSA) is 105 Å². The summed E-state index contributed by atoms with van der Waals surface area (Å²) in [5.41, 5.74) is 4.62. The van der Waals surface area contributed by atoms with Crippen molar-refractivity contribution in [2.75, 3.05) is 13.2 Å². The maximum absolute atomic E-state index is 12.5. The number of carboxylic acids is 1. The third kappa shape index (κ3) is 6.34. The predicted molar refractivity (Wildman–Crippen MR) is 126 cm³/mol. The number of nitrogens with one attached hydrogen (secondary N) is 2. The van der Waals surface area contributed by atoms with Crippen LogP contribution in [0.3, 0.4) is 0 Å². The van der Waals surface area contributed by atoms with Crippen LogP contribution in [0.2, 0.25) is 0 Å². The van der Waals surface area contributed by atoms with Gasteiger partial charge in [0, 0.05) is 31.3 Å². The fourth-order valence-electron chi connectivity index (χ4n) is 4.27. The van der Waals surface area contributed by atoms with Crippen molar-refractivity contribution in [2.24, 2.45) is 5.92 Å². The number of carbonyl (C=O) groups is 3. The zero-order valence-corrected chi connectivity index (χ0v) is 19.2. The van der Waals surface area contributed by atoms with Gasteiger partial charge >= 0.3 is 12.1 Å². The van der Waals surface area contributed by atoms with Crippen LogP contribution in [0, 0.1) is 5.92 Å². The van der Waals surface area contributed by atoms with Gasteiger partial charge in [-0.05, 0) is 34.6 Å². The maximum atomic E-state index is 12.5. The molecule has 3 rings (SSSR count). The third-order valence-electron chi connectivity index (χ3n) is 6.22. The molecule has 0 heterocycles. The molecule has 0 saturated heterocycles. The number of ether oxygens (including phenoxy) is 1. The Labute approximate surface area is 194 Å². The highest BCUT2D eigenvalue weighted by Crippen LogP contribution is 2.44. The van der Waals surface area contributed by atoms with Gasteiger partial charge in [-0.25, -0.2) is 4.79 Å². The molecular formula is C26H32N2O5. The Hall–Kier alpha value is -3.35. The van der Waals surface area contributed by atoms with Gasteiger partial charge in [-0.15, -0.1) is 0 Å². The van der Waals surface area contributed by atoms with E-state index in [1.165, 1.54) is 11.1 Å². The summed E-state index contributed by atoms with van der Waals surface area (Å²) in [7, 11) is 0. The van der Waals surface area contributed by atoms with Gasteiger partial charge in [0.1, 0.15) is 6.61 Å². The molecule has 0 spiro atoms. The van der Waals surface area contributed by atoms with Crippen molar-refractivity contribution in [1.82, 2.24) is 10.6 Å². The fraction of sp³-hybridized carbons (Fsp3) is 0.423. The number of alkyl carbamates (subject to hydrolysis) is 1. The molecule has 1 unspecified atom stereocenters. The lowest BCUT2D eigenvalue weighted by atomic mass is 9.98. The van der Waals surface area contributed by atoms with E-state index in [9.17, 15) is 14.4 Å².